The van der Waals surface area contributed by atoms with Crippen molar-refractivity contribution in [2.24, 2.45) is 4.99 Å². The summed E-state index contributed by atoms with van der Waals surface area (Å²) in [4.78, 5) is 6.22. The molecule has 1 aliphatic rings. The highest BCUT2D eigenvalue weighted by atomic mass is 16.3. The van der Waals surface area contributed by atoms with Crippen LogP contribution >= 0.6 is 0 Å². The Morgan fingerprint density at radius 2 is 2.64 bits per heavy atom. The van der Waals surface area contributed by atoms with E-state index in [2.05, 4.69) is 11.6 Å². The van der Waals surface area contributed by atoms with Gasteiger partial charge in [-0.15, -0.1) is 6.58 Å². The second kappa shape index (κ2) is 3.53. The molecule has 0 aromatic carbocycles. The maximum atomic E-state index is 9.24. The minimum atomic E-state index is -0.447. The molecule has 3 heteroatoms. The van der Waals surface area contributed by atoms with Crippen molar-refractivity contribution in [2.45, 2.75) is 13.0 Å². The summed E-state index contributed by atoms with van der Waals surface area (Å²) >= 11 is 0. The summed E-state index contributed by atoms with van der Waals surface area (Å²) in [7, 11) is 0. The van der Waals surface area contributed by atoms with Crippen molar-refractivity contribution < 1.29 is 5.11 Å². The first kappa shape index (κ1) is 8.27. The number of rotatable bonds is 3. The molecule has 0 aliphatic carbocycles. The Morgan fingerprint density at radius 3 is 3.18 bits per heavy atom. The summed E-state index contributed by atoms with van der Waals surface area (Å²) in [6.07, 6.45) is 1.38. The van der Waals surface area contributed by atoms with E-state index < -0.39 is 6.10 Å². The normalized spacial score (nSPS) is 19.8. The highest BCUT2D eigenvalue weighted by Crippen LogP contribution is 2.04. The van der Waals surface area contributed by atoms with Crippen molar-refractivity contribution in [3.05, 3.63) is 12.7 Å². The van der Waals surface area contributed by atoms with Crippen LogP contribution < -0.4 is 0 Å². The average molecular weight is 154 g/mol. The summed E-state index contributed by atoms with van der Waals surface area (Å²) < 4.78 is 0. The molecule has 0 spiro atoms. The Hall–Kier alpha value is -0.830. The molecule has 62 valence electrons. The van der Waals surface area contributed by atoms with E-state index in [9.17, 15) is 5.11 Å². The molecule has 0 aromatic heterocycles. The highest BCUT2D eigenvalue weighted by molar-refractivity contribution is 5.87. The van der Waals surface area contributed by atoms with Crippen LogP contribution in [0.4, 0.5) is 0 Å². The number of aliphatic imine (C=N–C) groups is 1. The van der Waals surface area contributed by atoms with Gasteiger partial charge in [0.25, 0.3) is 0 Å². The zero-order valence-electron chi connectivity index (χ0n) is 6.82. The van der Waals surface area contributed by atoms with Crippen LogP contribution in [0.25, 0.3) is 0 Å². The molecule has 0 radical (unpaired) electrons. The molecule has 11 heavy (non-hydrogen) atoms. The maximum Gasteiger partial charge on any atom is 0.128 e. The van der Waals surface area contributed by atoms with Gasteiger partial charge in [0.05, 0.1) is 6.54 Å². The summed E-state index contributed by atoms with van der Waals surface area (Å²) in [6.45, 7) is 7.87. The van der Waals surface area contributed by atoms with Crippen molar-refractivity contribution in [3.8, 4) is 0 Å². The first-order chi connectivity index (χ1) is 5.25. The quantitative estimate of drug-likeness (QED) is 0.592. The van der Waals surface area contributed by atoms with Gasteiger partial charge in [-0.1, -0.05) is 6.08 Å². The van der Waals surface area contributed by atoms with Gasteiger partial charge in [0.2, 0.25) is 0 Å². The molecular formula is C8H14N2O. The van der Waals surface area contributed by atoms with E-state index in [-0.39, 0.29) is 0 Å². The van der Waals surface area contributed by atoms with Gasteiger partial charge in [-0.05, 0) is 6.92 Å². The number of aliphatic hydroxyl groups is 1. The second-order valence-electron chi connectivity index (χ2n) is 2.65. The third-order valence-electron chi connectivity index (χ3n) is 1.69. The summed E-state index contributed by atoms with van der Waals surface area (Å²) in [5.41, 5.74) is 0. The van der Waals surface area contributed by atoms with Crippen LogP contribution in [0.2, 0.25) is 0 Å². The second-order valence-corrected chi connectivity index (χ2v) is 2.65. The molecule has 1 heterocycles. The van der Waals surface area contributed by atoms with Gasteiger partial charge in [-0.25, -0.2) is 0 Å². The van der Waals surface area contributed by atoms with Crippen molar-refractivity contribution in [3.63, 3.8) is 0 Å². The van der Waals surface area contributed by atoms with Gasteiger partial charge in [0.15, 0.2) is 0 Å². The zero-order chi connectivity index (χ0) is 8.27. The van der Waals surface area contributed by atoms with Gasteiger partial charge in [-0.3, -0.25) is 4.99 Å². The molecule has 0 saturated carbocycles. The van der Waals surface area contributed by atoms with E-state index in [1.807, 2.05) is 11.0 Å². The Balaban J connectivity index is 2.55. The molecule has 1 aliphatic heterocycles. The lowest BCUT2D eigenvalue weighted by molar-refractivity contribution is 0.245. The molecule has 1 rings (SSSR count). The fourth-order valence-electron chi connectivity index (χ4n) is 1.24. The standard InChI is InChI=1S/C8H14N2O/c1-3-5-10-6-4-9-8(10)7(2)11/h3,7,11H,1,4-6H2,2H3. The fourth-order valence-corrected chi connectivity index (χ4v) is 1.24. The highest BCUT2D eigenvalue weighted by Gasteiger charge is 2.18. The molecule has 0 aromatic rings. The third kappa shape index (κ3) is 1.80. The smallest absolute Gasteiger partial charge is 0.128 e. The van der Waals surface area contributed by atoms with Gasteiger partial charge < -0.3 is 10.0 Å². The number of hydrogen-bond acceptors (Lipinski definition) is 3. The van der Waals surface area contributed by atoms with Crippen LogP contribution in [0.5, 0.6) is 0 Å². The predicted octanol–water partition coefficient (Wildman–Crippen LogP) is 0.267. The zero-order valence-corrected chi connectivity index (χ0v) is 6.82. The summed E-state index contributed by atoms with van der Waals surface area (Å²) in [6, 6.07) is 0. The monoisotopic (exact) mass is 154 g/mol. The molecular weight excluding hydrogens is 140 g/mol. The van der Waals surface area contributed by atoms with Crippen molar-refractivity contribution in [1.82, 2.24) is 4.90 Å². The largest absolute Gasteiger partial charge is 0.385 e. The molecule has 1 unspecified atom stereocenters. The van der Waals surface area contributed by atoms with Crippen LogP contribution in [0.1, 0.15) is 6.92 Å². The summed E-state index contributed by atoms with van der Waals surface area (Å²) in [5, 5.41) is 9.24. The molecule has 0 bridgehead atoms. The lowest BCUT2D eigenvalue weighted by Crippen LogP contribution is -2.34. The Morgan fingerprint density at radius 1 is 1.91 bits per heavy atom. The lowest BCUT2D eigenvalue weighted by atomic mass is 10.3. The van der Waals surface area contributed by atoms with Crippen LogP contribution in [0, 0.1) is 0 Å². The minimum absolute atomic E-state index is 0.447. The van der Waals surface area contributed by atoms with Gasteiger partial charge in [-0.2, -0.15) is 0 Å². The minimum Gasteiger partial charge on any atom is -0.385 e. The van der Waals surface area contributed by atoms with Crippen LogP contribution in [0.3, 0.4) is 0 Å². The van der Waals surface area contributed by atoms with Gasteiger partial charge in [0, 0.05) is 13.1 Å². The van der Waals surface area contributed by atoms with E-state index in [1.54, 1.807) is 6.92 Å². The maximum absolute atomic E-state index is 9.24. The molecule has 0 fully saturated rings. The van der Waals surface area contributed by atoms with Crippen LogP contribution in [-0.4, -0.2) is 41.6 Å². The third-order valence-corrected chi connectivity index (χ3v) is 1.69. The lowest BCUT2D eigenvalue weighted by Gasteiger charge is -2.19. The van der Waals surface area contributed by atoms with Crippen molar-refractivity contribution in [1.29, 1.82) is 0 Å². The van der Waals surface area contributed by atoms with Crippen LogP contribution in [-0.2, 0) is 0 Å². The van der Waals surface area contributed by atoms with E-state index in [0.717, 1.165) is 25.5 Å². The number of hydrogen-bond donors (Lipinski definition) is 1. The number of nitrogens with zero attached hydrogens (tertiary/aromatic N) is 2. The van der Waals surface area contributed by atoms with Crippen LogP contribution in [0.15, 0.2) is 17.6 Å². The SMILES string of the molecule is C=CCN1CCN=C1C(C)O. The number of aliphatic hydroxyl groups excluding tert-OH is 1. The fraction of sp³-hybridized carbons (Fsp3) is 0.625. The summed E-state index contributed by atoms with van der Waals surface area (Å²) in [5.74, 6) is 0.796. The van der Waals surface area contributed by atoms with Crippen molar-refractivity contribution >= 4 is 5.84 Å². The van der Waals surface area contributed by atoms with E-state index in [1.165, 1.54) is 0 Å². The topological polar surface area (TPSA) is 35.8 Å². The molecule has 0 saturated heterocycles. The molecule has 3 nitrogen and oxygen atoms in total. The Labute approximate surface area is 67.0 Å². The average Bonchev–Trinajstić information content (AvgIpc) is 2.36. The molecule has 0 amide bonds. The van der Waals surface area contributed by atoms with E-state index in [0.29, 0.717) is 0 Å². The molecule has 1 N–H and O–H groups in total. The molecule has 1 atom stereocenters. The Bertz CT molecular complexity index is 175. The van der Waals surface area contributed by atoms with E-state index in [4.69, 9.17) is 0 Å². The van der Waals surface area contributed by atoms with Gasteiger partial charge in [0.1, 0.15) is 11.9 Å². The first-order valence-corrected chi connectivity index (χ1v) is 3.84. The number of amidine groups is 1. The predicted molar refractivity (Wildman–Crippen MR) is 45.8 cm³/mol. The van der Waals surface area contributed by atoms with Crippen molar-refractivity contribution in [2.75, 3.05) is 19.6 Å². The van der Waals surface area contributed by atoms with E-state index >= 15 is 0 Å². The Kier molecular flexibility index (Phi) is 2.65. The van der Waals surface area contributed by atoms with Gasteiger partial charge >= 0.3 is 0 Å². The first-order valence-electron chi connectivity index (χ1n) is 3.84.